The molecule has 0 saturated heterocycles. The van der Waals surface area contributed by atoms with Crippen molar-refractivity contribution in [2.75, 3.05) is 5.75 Å². The number of hydrogen-bond acceptors (Lipinski definition) is 5. The number of nitrogens with zero attached hydrogens (tertiary/aromatic N) is 4. The van der Waals surface area contributed by atoms with Crippen molar-refractivity contribution in [1.29, 1.82) is 0 Å². The molecule has 0 unspecified atom stereocenters. The van der Waals surface area contributed by atoms with Crippen molar-refractivity contribution in [3.8, 4) is 0 Å². The summed E-state index contributed by atoms with van der Waals surface area (Å²) >= 11 is 0. The molecule has 0 aromatic carbocycles. The fourth-order valence-electron chi connectivity index (χ4n) is 0.894. The first-order chi connectivity index (χ1) is 7.34. The molecule has 0 saturated carbocycles. The molecule has 1 rings (SSSR count). The second kappa shape index (κ2) is 4.60. The molecule has 0 radical (unpaired) electrons. The highest BCUT2D eigenvalue weighted by Gasteiger charge is 2.22. The minimum atomic E-state index is -3.96. The number of allylic oxidation sites excluding steroid dienone is 1. The van der Waals surface area contributed by atoms with Gasteiger partial charge >= 0.3 is 6.08 Å². The smallest absolute Gasteiger partial charge is 0.220 e. The average Bonchev–Trinajstić information content (AvgIpc) is 2.61. The SMILES string of the molecule is Cn1nnnc1S(=O)(=O)CCC(F)=C(F)F. The number of sulfone groups is 1. The normalized spacial score (nSPS) is 11.5. The van der Waals surface area contributed by atoms with E-state index in [1.54, 1.807) is 0 Å². The van der Waals surface area contributed by atoms with E-state index in [2.05, 4.69) is 15.5 Å². The Hall–Kier alpha value is -1.45. The van der Waals surface area contributed by atoms with E-state index < -0.39 is 39.1 Å². The summed E-state index contributed by atoms with van der Waals surface area (Å²) in [6.07, 6.45) is -3.43. The van der Waals surface area contributed by atoms with Gasteiger partial charge in [-0.3, -0.25) is 0 Å². The average molecular weight is 256 g/mol. The second-order valence-electron chi connectivity index (χ2n) is 2.82. The molecule has 0 aliphatic rings. The van der Waals surface area contributed by atoms with Crippen molar-refractivity contribution in [1.82, 2.24) is 20.2 Å². The molecular formula is C6H7F3N4O2S. The predicted octanol–water partition coefficient (Wildman–Crippen LogP) is 0.451. The van der Waals surface area contributed by atoms with Gasteiger partial charge in [0.2, 0.25) is 9.84 Å². The molecule has 1 heterocycles. The highest BCUT2D eigenvalue weighted by molar-refractivity contribution is 7.91. The molecule has 10 heteroatoms. The number of aryl methyl sites for hydroxylation is 1. The lowest BCUT2D eigenvalue weighted by molar-refractivity contribution is 0.373. The molecule has 0 N–H and O–H groups in total. The summed E-state index contributed by atoms with van der Waals surface area (Å²) in [4.78, 5) is 0. The van der Waals surface area contributed by atoms with Gasteiger partial charge < -0.3 is 0 Å². The Morgan fingerprint density at radius 3 is 2.44 bits per heavy atom. The molecule has 0 amide bonds. The Morgan fingerprint density at radius 1 is 1.38 bits per heavy atom. The number of tetrazole rings is 1. The quantitative estimate of drug-likeness (QED) is 0.781. The van der Waals surface area contributed by atoms with Crippen LogP contribution in [0.25, 0.3) is 0 Å². The molecule has 16 heavy (non-hydrogen) atoms. The summed E-state index contributed by atoms with van der Waals surface area (Å²) in [5.41, 5.74) is 0. The number of aromatic nitrogens is 4. The number of halogens is 3. The Bertz CT molecular complexity index is 506. The monoisotopic (exact) mass is 256 g/mol. The van der Waals surface area contributed by atoms with E-state index in [0.717, 1.165) is 4.68 Å². The van der Waals surface area contributed by atoms with Gasteiger partial charge in [-0.1, -0.05) is 5.10 Å². The van der Waals surface area contributed by atoms with Crippen molar-refractivity contribution < 1.29 is 21.6 Å². The van der Waals surface area contributed by atoms with E-state index in [9.17, 15) is 21.6 Å². The van der Waals surface area contributed by atoms with Crippen molar-refractivity contribution in [2.24, 2.45) is 7.05 Å². The maximum absolute atomic E-state index is 12.4. The van der Waals surface area contributed by atoms with Gasteiger partial charge in [-0.05, 0) is 10.4 Å². The fourth-order valence-corrected chi connectivity index (χ4v) is 2.12. The largest absolute Gasteiger partial charge is 0.301 e. The van der Waals surface area contributed by atoms with E-state index in [1.807, 2.05) is 0 Å². The fraction of sp³-hybridized carbons (Fsp3) is 0.500. The van der Waals surface area contributed by atoms with Gasteiger partial charge in [0.25, 0.3) is 5.16 Å². The lowest BCUT2D eigenvalue weighted by Crippen LogP contribution is -2.13. The van der Waals surface area contributed by atoms with E-state index in [1.165, 1.54) is 7.05 Å². The molecule has 0 aliphatic heterocycles. The molecular weight excluding hydrogens is 249 g/mol. The maximum atomic E-state index is 12.4. The summed E-state index contributed by atoms with van der Waals surface area (Å²) in [7, 11) is -2.68. The van der Waals surface area contributed by atoms with Crippen LogP contribution in [-0.2, 0) is 16.9 Å². The molecule has 0 aliphatic carbocycles. The summed E-state index contributed by atoms with van der Waals surface area (Å²) in [5.74, 6) is -2.57. The Kier molecular flexibility index (Phi) is 3.62. The van der Waals surface area contributed by atoms with Crippen molar-refractivity contribution in [2.45, 2.75) is 11.6 Å². The summed E-state index contributed by atoms with van der Waals surface area (Å²) < 4.78 is 59.5. The zero-order valence-corrected chi connectivity index (χ0v) is 8.88. The van der Waals surface area contributed by atoms with E-state index >= 15 is 0 Å². The molecule has 0 bridgehead atoms. The number of rotatable bonds is 4. The third-order valence-corrected chi connectivity index (χ3v) is 3.30. The molecule has 90 valence electrons. The number of hydrogen-bond donors (Lipinski definition) is 0. The van der Waals surface area contributed by atoms with Gasteiger partial charge in [0, 0.05) is 13.5 Å². The zero-order chi connectivity index (χ0) is 12.3. The van der Waals surface area contributed by atoms with Crippen LogP contribution in [0.4, 0.5) is 13.2 Å². The molecule has 0 fully saturated rings. The van der Waals surface area contributed by atoms with Crippen molar-refractivity contribution >= 4 is 9.84 Å². The van der Waals surface area contributed by atoms with Crippen LogP contribution in [0.3, 0.4) is 0 Å². The first-order valence-electron chi connectivity index (χ1n) is 3.99. The highest BCUT2D eigenvalue weighted by Crippen LogP contribution is 2.16. The van der Waals surface area contributed by atoms with Gasteiger partial charge in [-0.2, -0.15) is 8.78 Å². The zero-order valence-electron chi connectivity index (χ0n) is 8.06. The molecule has 1 aromatic heterocycles. The topological polar surface area (TPSA) is 77.7 Å². The van der Waals surface area contributed by atoms with Crippen molar-refractivity contribution in [3.63, 3.8) is 0 Å². The Balaban J connectivity index is 2.83. The molecule has 1 aromatic rings. The molecule has 0 atom stereocenters. The van der Waals surface area contributed by atoms with E-state index in [0.29, 0.717) is 0 Å². The van der Waals surface area contributed by atoms with Gasteiger partial charge in [0.15, 0.2) is 5.83 Å². The van der Waals surface area contributed by atoms with Gasteiger partial charge in [0.1, 0.15) is 0 Å². The van der Waals surface area contributed by atoms with Gasteiger partial charge in [-0.25, -0.2) is 17.5 Å². The van der Waals surface area contributed by atoms with Crippen LogP contribution in [-0.4, -0.2) is 34.4 Å². The van der Waals surface area contributed by atoms with Crippen molar-refractivity contribution in [3.05, 3.63) is 11.9 Å². The van der Waals surface area contributed by atoms with Crippen LogP contribution in [0.5, 0.6) is 0 Å². The minimum Gasteiger partial charge on any atom is -0.220 e. The van der Waals surface area contributed by atoms with Crippen LogP contribution < -0.4 is 0 Å². The second-order valence-corrected chi connectivity index (χ2v) is 4.82. The maximum Gasteiger partial charge on any atom is 0.301 e. The third-order valence-electron chi connectivity index (χ3n) is 1.65. The first-order valence-corrected chi connectivity index (χ1v) is 5.64. The Labute approximate surface area is 88.7 Å². The van der Waals surface area contributed by atoms with Crippen LogP contribution in [0.1, 0.15) is 6.42 Å². The van der Waals surface area contributed by atoms with Gasteiger partial charge in [-0.15, -0.1) is 0 Å². The van der Waals surface area contributed by atoms with Crippen LogP contribution in [0, 0.1) is 0 Å². The predicted molar refractivity (Wildman–Crippen MR) is 45.8 cm³/mol. The lowest BCUT2D eigenvalue weighted by atomic mass is 10.4. The Morgan fingerprint density at radius 2 is 2.00 bits per heavy atom. The van der Waals surface area contributed by atoms with Gasteiger partial charge in [0.05, 0.1) is 5.75 Å². The molecule has 6 nitrogen and oxygen atoms in total. The van der Waals surface area contributed by atoms with Crippen LogP contribution >= 0.6 is 0 Å². The first kappa shape index (κ1) is 12.6. The summed E-state index contributed by atoms with van der Waals surface area (Å²) in [6.45, 7) is 0. The van der Waals surface area contributed by atoms with E-state index in [-0.39, 0.29) is 0 Å². The van der Waals surface area contributed by atoms with Crippen LogP contribution in [0.2, 0.25) is 0 Å². The summed E-state index contributed by atoms with van der Waals surface area (Å²) in [6, 6.07) is 0. The molecule has 0 spiro atoms. The minimum absolute atomic E-state index is 0.487. The van der Waals surface area contributed by atoms with E-state index in [4.69, 9.17) is 0 Å². The lowest BCUT2D eigenvalue weighted by Gasteiger charge is -2.00. The standard InChI is InChI=1S/C6H7F3N4O2S/c1-13-6(10-11-12-13)16(14,15)3-2-4(7)5(8)9/h2-3H2,1H3. The highest BCUT2D eigenvalue weighted by atomic mass is 32.2. The third kappa shape index (κ3) is 2.78. The summed E-state index contributed by atoms with van der Waals surface area (Å²) in [5, 5.41) is 9.06. The van der Waals surface area contributed by atoms with Crippen LogP contribution in [0.15, 0.2) is 17.1 Å².